The lowest BCUT2D eigenvalue weighted by Crippen LogP contribution is -2.25. The van der Waals surface area contributed by atoms with Crippen molar-refractivity contribution in [1.29, 1.82) is 0 Å². The average molecular weight is 400 g/mol. The van der Waals surface area contributed by atoms with Gasteiger partial charge >= 0.3 is 0 Å². The molecule has 5 heteroatoms. The molecule has 0 aliphatic carbocycles. The molecule has 0 aliphatic rings. The van der Waals surface area contributed by atoms with Crippen LogP contribution in [0.3, 0.4) is 0 Å². The summed E-state index contributed by atoms with van der Waals surface area (Å²) in [4.78, 5) is 17.9. The van der Waals surface area contributed by atoms with Crippen molar-refractivity contribution >= 4 is 38.8 Å². The number of nitrogens with zero attached hydrogens (tertiary/aromatic N) is 3. The van der Waals surface area contributed by atoms with E-state index in [2.05, 4.69) is 16.2 Å². The Morgan fingerprint density at radius 1 is 0.897 bits per heavy atom. The van der Waals surface area contributed by atoms with Gasteiger partial charge in [-0.05, 0) is 56.2 Å². The highest BCUT2D eigenvalue weighted by Crippen LogP contribution is 2.30. The first-order chi connectivity index (χ1) is 14.0. The third kappa shape index (κ3) is 4.25. The van der Waals surface area contributed by atoms with E-state index in [1.54, 1.807) is 6.21 Å². The zero-order chi connectivity index (χ0) is 20.4. The van der Waals surface area contributed by atoms with Gasteiger partial charge in [0.05, 0.1) is 16.4 Å². The van der Waals surface area contributed by atoms with Gasteiger partial charge in [-0.25, -0.2) is 4.98 Å². The first-order valence-electron chi connectivity index (χ1n) is 9.38. The number of hydrazone groups is 1. The molecule has 0 bridgehead atoms. The molecule has 1 amide bonds. The molecule has 0 aliphatic heterocycles. The van der Waals surface area contributed by atoms with E-state index >= 15 is 0 Å². The van der Waals surface area contributed by atoms with Crippen LogP contribution in [-0.4, -0.2) is 17.1 Å². The molecule has 0 saturated heterocycles. The summed E-state index contributed by atoms with van der Waals surface area (Å²) in [5, 5.41) is 6.47. The van der Waals surface area contributed by atoms with Crippen LogP contribution in [0.2, 0.25) is 0 Å². The topological polar surface area (TPSA) is 45.6 Å². The Morgan fingerprint density at radius 3 is 2.21 bits per heavy atom. The summed E-state index contributed by atoms with van der Waals surface area (Å²) >= 11 is 1.46. The number of thiazole rings is 1. The number of carbonyl (C=O) groups excluding carboxylic acids is 1. The molecule has 4 nitrogen and oxygen atoms in total. The second kappa shape index (κ2) is 7.97. The highest BCUT2D eigenvalue weighted by Gasteiger charge is 2.21. The van der Waals surface area contributed by atoms with Gasteiger partial charge < -0.3 is 0 Å². The van der Waals surface area contributed by atoms with Crippen molar-refractivity contribution < 1.29 is 4.79 Å². The maximum atomic E-state index is 13.3. The number of benzene rings is 3. The molecule has 29 heavy (non-hydrogen) atoms. The molecule has 0 N–H and O–H groups in total. The molecule has 0 radical (unpaired) electrons. The predicted molar refractivity (Wildman–Crippen MR) is 121 cm³/mol. The lowest BCUT2D eigenvalue weighted by atomic mass is 10.1. The Balaban J connectivity index is 1.75. The van der Waals surface area contributed by atoms with Gasteiger partial charge in [0.2, 0.25) is 5.13 Å². The van der Waals surface area contributed by atoms with Crippen LogP contribution in [0.15, 0.2) is 71.8 Å². The number of rotatable bonds is 4. The highest BCUT2D eigenvalue weighted by molar-refractivity contribution is 7.22. The van der Waals surface area contributed by atoms with E-state index in [-0.39, 0.29) is 5.91 Å². The van der Waals surface area contributed by atoms with Gasteiger partial charge in [0.15, 0.2) is 0 Å². The van der Waals surface area contributed by atoms with Crippen LogP contribution in [0.1, 0.15) is 32.6 Å². The number of aryl methyl sites for hydroxylation is 3. The monoisotopic (exact) mass is 399 g/mol. The fraction of sp³-hybridized carbons (Fsp3) is 0.125. The maximum absolute atomic E-state index is 13.3. The quantitative estimate of drug-likeness (QED) is 0.317. The molecular formula is C24H21N3OS. The standard InChI is InChI=1S/C24H21N3OS/c1-16-4-9-19(10-5-16)15-25-27(23(28)20-11-6-17(2)7-12-20)24-26-21-13-8-18(3)14-22(21)29-24/h4-15H,1-3H3/b25-15+. The largest absolute Gasteiger partial charge is 0.280 e. The maximum Gasteiger partial charge on any atom is 0.280 e. The van der Waals surface area contributed by atoms with E-state index in [0.29, 0.717) is 10.7 Å². The summed E-state index contributed by atoms with van der Waals surface area (Å²) in [6.07, 6.45) is 1.70. The van der Waals surface area contributed by atoms with Crippen LogP contribution >= 0.6 is 11.3 Å². The summed E-state index contributed by atoms with van der Waals surface area (Å²) in [6.45, 7) is 6.08. The van der Waals surface area contributed by atoms with E-state index in [4.69, 9.17) is 0 Å². The van der Waals surface area contributed by atoms with Gasteiger partial charge in [0.1, 0.15) is 0 Å². The minimum atomic E-state index is -0.205. The Kier molecular flexibility index (Phi) is 5.23. The average Bonchev–Trinajstić information content (AvgIpc) is 3.12. The molecular weight excluding hydrogens is 378 g/mol. The fourth-order valence-electron chi connectivity index (χ4n) is 2.89. The summed E-state index contributed by atoms with van der Waals surface area (Å²) in [7, 11) is 0. The van der Waals surface area contributed by atoms with Crippen molar-refractivity contribution in [1.82, 2.24) is 4.98 Å². The first kappa shape index (κ1) is 19.0. The van der Waals surface area contributed by atoms with Gasteiger partial charge in [-0.3, -0.25) is 4.79 Å². The molecule has 0 atom stereocenters. The van der Waals surface area contributed by atoms with Crippen LogP contribution in [0.5, 0.6) is 0 Å². The zero-order valence-corrected chi connectivity index (χ0v) is 17.4. The second-order valence-electron chi connectivity index (χ2n) is 7.11. The second-order valence-corrected chi connectivity index (χ2v) is 8.11. The molecule has 0 spiro atoms. The summed E-state index contributed by atoms with van der Waals surface area (Å²) in [5.74, 6) is -0.205. The van der Waals surface area contributed by atoms with Gasteiger partial charge in [0.25, 0.3) is 5.91 Å². The number of hydrogen-bond donors (Lipinski definition) is 0. The minimum Gasteiger partial charge on any atom is -0.267 e. The van der Waals surface area contributed by atoms with Crippen molar-refractivity contribution in [3.8, 4) is 0 Å². The molecule has 0 fully saturated rings. The molecule has 0 unspecified atom stereocenters. The van der Waals surface area contributed by atoms with Crippen LogP contribution in [0.4, 0.5) is 5.13 Å². The number of carbonyl (C=O) groups is 1. The number of aromatic nitrogens is 1. The van der Waals surface area contributed by atoms with Crippen LogP contribution in [0.25, 0.3) is 10.2 Å². The predicted octanol–water partition coefficient (Wildman–Crippen LogP) is 5.90. The Labute approximate surface area is 174 Å². The fourth-order valence-corrected chi connectivity index (χ4v) is 3.91. The molecule has 144 valence electrons. The number of anilines is 1. The van der Waals surface area contributed by atoms with Crippen molar-refractivity contribution in [2.75, 3.05) is 5.01 Å². The van der Waals surface area contributed by atoms with Crippen molar-refractivity contribution in [2.24, 2.45) is 5.10 Å². The third-order valence-corrected chi connectivity index (χ3v) is 5.60. The molecule has 1 aromatic heterocycles. The van der Waals surface area contributed by atoms with Crippen LogP contribution in [-0.2, 0) is 0 Å². The third-order valence-electron chi connectivity index (χ3n) is 4.60. The molecule has 1 heterocycles. The van der Waals surface area contributed by atoms with Crippen molar-refractivity contribution in [2.45, 2.75) is 20.8 Å². The number of amides is 1. The van der Waals surface area contributed by atoms with Crippen LogP contribution in [0, 0.1) is 20.8 Å². The van der Waals surface area contributed by atoms with E-state index in [9.17, 15) is 4.79 Å². The van der Waals surface area contributed by atoms with E-state index < -0.39 is 0 Å². The lowest BCUT2D eigenvalue weighted by Gasteiger charge is -2.14. The van der Waals surface area contributed by atoms with Gasteiger partial charge in [-0.1, -0.05) is 64.9 Å². The van der Waals surface area contributed by atoms with E-state index in [0.717, 1.165) is 26.9 Å². The number of hydrogen-bond acceptors (Lipinski definition) is 4. The number of fused-ring (bicyclic) bond motifs is 1. The SMILES string of the molecule is Cc1ccc(/C=N/N(C(=O)c2ccc(C)cc2)c2nc3ccc(C)cc3s2)cc1. The smallest absolute Gasteiger partial charge is 0.267 e. The van der Waals surface area contributed by atoms with Crippen LogP contribution < -0.4 is 5.01 Å². The Hall–Kier alpha value is -3.31. The molecule has 4 aromatic rings. The zero-order valence-electron chi connectivity index (χ0n) is 16.6. The van der Waals surface area contributed by atoms with E-state index in [1.165, 1.54) is 21.9 Å². The lowest BCUT2D eigenvalue weighted by molar-refractivity contribution is 0.0988. The molecule has 4 rings (SSSR count). The first-order valence-corrected chi connectivity index (χ1v) is 10.2. The Bertz CT molecular complexity index is 1190. The molecule has 0 saturated carbocycles. The van der Waals surface area contributed by atoms with Gasteiger partial charge in [-0.2, -0.15) is 10.1 Å². The van der Waals surface area contributed by atoms with Crippen molar-refractivity contribution in [3.05, 3.63) is 94.5 Å². The molecule has 3 aromatic carbocycles. The normalized spacial score (nSPS) is 11.3. The highest BCUT2D eigenvalue weighted by atomic mass is 32.1. The van der Waals surface area contributed by atoms with Gasteiger partial charge in [-0.15, -0.1) is 0 Å². The summed E-state index contributed by atoms with van der Waals surface area (Å²) < 4.78 is 1.03. The van der Waals surface area contributed by atoms with Crippen molar-refractivity contribution in [3.63, 3.8) is 0 Å². The summed E-state index contributed by atoms with van der Waals surface area (Å²) in [6, 6.07) is 21.6. The summed E-state index contributed by atoms with van der Waals surface area (Å²) in [5.41, 5.74) is 5.81. The minimum absolute atomic E-state index is 0.205. The van der Waals surface area contributed by atoms with E-state index in [1.807, 2.05) is 81.4 Å². The Morgan fingerprint density at radius 2 is 1.52 bits per heavy atom. The van der Waals surface area contributed by atoms with Gasteiger partial charge in [0, 0.05) is 5.56 Å².